The summed E-state index contributed by atoms with van der Waals surface area (Å²) in [5.74, 6) is 0. The quantitative estimate of drug-likeness (QED) is 0.455. The molecule has 4 rings (SSSR count). The van der Waals surface area contributed by atoms with E-state index in [1.54, 1.807) is 12.1 Å². The summed E-state index contributed by atoms with van der Waals surface area (Å²) in [4.78, 5) is 0.149. The molecule has 4 aromatic rings. The van der Waals surface area contributed by atoms with E-state index in [-0.39, 0.29) is 11.4 Å². The number of nitrogens with one attached hydrogen (secondary N) is 1. The summed E-state index contributed by atoms with van der Waals surface area (Å²) < 4.78 is 28.7. The number of hydrogen-bond acceptors (Lipinski definition) is 3. The zero-order valence-electron chi connectivity index (χ0n) is 14.8. The van der Waals surface area contributed by atoms with E-state index in [9.17, 15) is 13.5 Å². The number of aliphatic hydroxyl groups excluding tert-OH is 1. The molecular weight excluding hydrogens is 438 g/mol. The molecule has 6 heteroatoms. The molecule has 1 unspecified atom stereocenters. The predicted octanol–water partition coefficient (Wildman–Crippen LogP) is 4.77. The highest BCUT2D eigenvalue weighted by Crippen LogP contribution is 2.31. The van der Waals surface area contributed by atoms with Gasteiger partial charge in [0.2, 0.25) is 10.0 Å². The normalized spacial score (nSPS) is 13.1. The average molecular weight is 456 g/mol. The number of aliphatic hydroxyl groups is 1. The summed E-state index contributed by atoms with van der Waals surface area (Å²) in [5, 5.41) is 14.3. The molecule has 0 fully saturated rings. The molecule has 0 aliphatic heterocycles. The molecule has 28 heavy (non-hydrogen) atoms. The van der Waals surface area contributed by atoms with E-state index in [4.69, 9.17) is 0 Å². The van der Waals surface area contributed by atoms with Gasteiger partial charge in [-0.15, -0.1) is 0 Å². The van der Waals surface area contributed by atoms with Crippen molar-refractivity contribution in [2.24, 2.45) is 0 Å². The Labute approximate surface area is 172 Å². The lowest BCUT2D eigenvalue weighted by atomic mass is 10.0. The number of sulfonamides is 1. The molecule has 0 radical (unpaired) electrons. The second kappa shape index (κ2) is 7.64. The Morgan fingerprint density at radius 3 is 2.18 bits per heavy atom. The Balaban J connectivity index is 1.61. The van der Waals surface area contributed by atoms with Crippen molar-refractivity contribution in [3.63, 3.8) is 0 Å². The van der Waals surface area contributed by atoms with Crippen LogP contribution in [0.5, 0.6) is 0 Å². The van der Waals surface area contributed by atoms with Gasteiger partial charge in [-0.3, -0.25) is 0 Å². The fourth-order valence-corrected chi connectivity index (χ4v) is 5.60. The summed E-state index contributed by atoms with van der Waals surface area (Å²) >= 11 is 3.42. The van der Waals surface area contributed by atoms with Crippen molar-refractivity contribution in [1.29, 1.82) is 0 Å². The summed E-state index contributed by atoms with van der Waals surface area (Å²) in [5.41, 5.74) is 0.693. The number of hydrogen-bond donors (Lipinski definition) is 2. The van der Waals surface area contributed by atoms with E-state index < -0.39 is 16.1 Å². The number of benzene rings is 4. The van der Waals surface area contributed by atoms with Crippen LogP contribution < -0.4 is 4.72 Å². The van der Waals surface area contributed by atoms with Crippen LogP contribution in [0, 0.1) is 0 Å². The van der Waals surface area contributed by atoms with Gasteiger partial charge in [0, 0.05) is 11.0 Å². The van der Waals surface area contributed by atoms with Crippen LogP contribution in [-0.4, -0.2) is 20.1 Å². The van der Waals surface area contributed by atoms with Crippen LogP contribution in [0.15, 0.2) is 88.2 Å². The number of rotatable bonds is 5. The smallest absolute Gasteiger partial charge is 0.241 e. The minimum Gasteiger partial charge on any atom is -0.387 e. The van der Waals surface area contributed by atoms with Crippen molar-refractivity contribution in [3.05, 3.63) is 88.9 Å². The van der Waals surface area contributed by atoms with Crippen LogP contribution in [0.25, 0.3) is 21.5 Å². The topological polar surface area (TPSA) is 66.4 Å². The lowest BCUT2D eigenvalue weighted by Gasteiger charge is -2.16. The standard InChI is InChI=1S/C22H18BrNO3S/c23-22-18-10-4-2-7-16(18)12-13-21(22)28(26,27)24-14-20(25)19-11-5-8-15-6-1-3-9-17(15)19/h1-13,20,24-25H,14H2. The molecule has 2 N–H and O–H groups in total. The molecule has 4 aromatic carbocycles. The van der Waals surface area contributed by atoms with Crippen LogP contribution in [0.1, 0.15) is 11.7 Å². The molecule has 1 atom stereocenters. The minimum absolute atomic E-state index is 0.115. The molecule has 0 spiro atoms. The first-order chi connectivity index (χ1) is 13.5. The van der Waals surface area contributed by atoms with Crippen LogP contribution >= 0.6 is 15.9 Å². The molecule has 4 nitrogen and oxygen atoms in total. The highest BCUT2D eigenvalue weighted by atomic mass is 79.9. The van der Waals surface area contributed by atoms with E-state index in [0.29, 0.717) is 10.0 Å². The Morgan fingerprint density at radius 1 is 0.821 bits per heavy atom. The highest BCUT2D eigenvalue weighted by Gasteiger charge is 2.21. The van der Waals surface area contributed by atoms with Gasteiger partial charge >= 0.3 is 0 Å². The lowest BCUT2D eigenvalue weighted by Crippen LogP contribution is -2.29. The third-order valence-electron chi connectivity index (χ3n) is 4.77. The van der Waals surface area contributed by atoms with Crippen LogP contribution in [0.4, 0.5) is 0 Å². The Bertz CT molecular complexity index is 1270. The second-order valence-electron chi connectivity index (χ2n) is 6.53. The Morgan fingerprint density at radius 2 is 1.43 bits per heavy atom. The predicted molar refractivity (Wildman–Crippen MR) is 116 cm³/mol. The SMILES string of the molecule is O=S(=O)(NCC(O)c1cccc2ccccc12)c1ccc2ccccc2c1Br. The molecule has 0 saturated heterocycles. The first-order valence-electron chi connectivity index (χ1n) is 8.80. The molecular formula is C22H18BrNO3S. The lowest BCUT2D eigenvalue weighted by molar-refractivity contribution is 0.183. The van der Waals surface area contributed by atoms with E-state index in [2.05, 4.69) is 20.7 Å². The minimum atomic E-state index is -3.80. The molecule has 0 bridgehead atoms. The van der Waals surface area contributed by atoms with Gasteiger partial charge < -0.3 is 5.11 Å². The molecule has 0 aliphatic carbocycles. The fraction of sp³-hybridized carbons (Fsp3) is 0.0909. The maximum absolute atomic E-state index is 12.8. The van der Waals surface area contributed by atoms with Crippen molar-refractivity contribution in [1.82, 2.24) is 4.72 Å². The molecule has 0 heterocycles. The largest absolute Gasteiger partial charge is 0.387 e. The van der Waals surface area contributed by atoms with Gasteiger partial charge in [0.1, 0.15) is 0 Å². The van der Waals surface area contributed by atoms with Gasteiger partial charge in [0.05, 0.1) is 11.0 Å². The van der Waals surface area contributed by atoms with Gasteiger partial charge in [-0.25, -0.2) is 13.1 Å². The third-order valence-corrected chi connectivity index (χ3v) is 7.35. The van der Waals surface area contributed by atoms with Gasteiger partial charge in [0.15, 0.2) is 0 Å². The maximum atomic E-state index is 12.8. The van der Waals surface area contributed by atoms with Gasteiger partial charge in [-0.2, -0.15) is 0 Å². The number of fused-ring (bicyclic) bond motifs is 2. The van der Waals surface area contributed by atoms with Crippen molar-refractivity contribution in [2.75, 3.05) is 6.54 Å². The monoisotopic (exact) mass is 455 g/mol. The van der Waals surface area contributed by atoms with Crippen LogP contribution in [0.3, 0.4) is 0 Å². The summed E-state index contributed by atoms with van der Waals surface area (Å²) in [6.07, 6.45) is -0.958. The van der Waals surface area contributed by atoms with Crippen LogP contribution in [0.2, 0.25) is 0 Å². The fourth-order valence-electron chi connectivity index (χ4n) is 3.34. The summed E-state index contributed by atoms with van der Waals surface area (Å²) in [6.45, 7) is -0.115. The van der Waals surface area contributed by atoms with Crippen molar-refractivity contribution >= 4 is 47.5 Å². The maximum Gasteiger partial charge on any atom is 0.241 e. The second-order valence-corrected chi connectivity index (χ2v) is 9.06. The van der Waals surface area contributed by atoms with Crippen molar-refractivity contribution < 1.29 is 13.5 Å². The molecule has 0 amide bonds. The zero-order chi connectivity index (χ0) is 19.7. The third kappa shape index (κ3) is 3.56. The zero-order valence-corrected chi connectivity index (χ0v) is 17.2. The van der Waals surface area contributed by atoms with E-state index in [1.807, 2.05) is 66.7 Å². The average Bonchev–Trinajstić information content (AvgIpc) is 2.72. The molecule has 0 aliphatic rings. The van der Waals surface area contributed by atoms with Crippen LogP contribution in [-0.2, 0) is 10.0 Å². The van der Waals surface area contributed by atoms with Crippen molar-refractivity contribution in [3.8, 4) is 0 Å². The van der Waals surface area contributed by atoms with Crippen molar-refractivity contribution in [2.45, 2.75) is 11.0 Å². The Hall–Kier alpha value is -2.25. The van der Waals surface area contributed by atoms with Gasteiger partial charge in [-0.1, -0.05) is 72.8 Å². The first kappa shape index (κ1) is 19.1. The van der Waals surface area contributed by atoms with Gasteiger partial charge in [-0.05, 0) is 49.1 Å². The van der Waals surface area contributed by atoms with E-state index >= 15 is 0 Å². The summed E-state index contributed by atoms with van der Waals surface area (Å²) in [6, 6.07) is 24.2. The van der Waals surface area contributed by atoms with E-state index in [0.717, 1.165) is 21.5 Å². The molecule has 142 valence electrons. The molecule has 0 saturated carbocycles. The number of halogens is 1. The Kier molecular flexibility index (Phi) is 5.21. The molecule has 0 aromatic heterocycles. The first-order valence-corrected chi connectivity index (χ1v) is 11.1. The highest BCUT2D eigenvalue weighted by molar-refractivity contribution is 9.10. The van der Waals surface area contributed by atoms with E-state index in [1.165, 1.54) is 0 Å². The van der Waals surface area contributed by atoms with Gasteiger partial charge in [0.25, 0.3) is 0 Å². The summed E-state index contributed by atoms with van der Waals surface area (Å²) in [7, 11) is -3.80.